The summed E-state index contributed by atoms with van der Waals surface area (Å²) in [7, 11) is 0. The monoisotopic (exact) mass is 524 g/mol. The van der Waals surface area contributed by atoms with Crippen molar-refractivity contribution in [1.82, 2.24) is 25.1 Å². The average molecular weight is 525 g/mol. The van der Waals surface area contributed by atoms with Crippen LogP contribution in [0.1, 0.15) is 49.7 Å². The molecule has 0 amide bonds. The Balaban J connectivity index is 0.000000436. The van der Waals surface area contributed by atoms with Crippen LogP contribution in [0.3, 0.4) is 0 Å². The minimum atomic E-state index is -1.08. The number of aromatic amines is 1. The number of carbonyl (C=O) groups is 2. The molecule has 0 radical (unpaired) electrons. The zero-order valence-electron chi connectivity index (χ0n) is 22.3. The Morgan fingerprint density at radius 1 is 1.00 bits per heavy atom. The van der Waals surface area contributed by atoms with Crippen LogP contribution >= 0.6 is 0 Å². The second-order valence-electron chi connectivity index (χ2n) is 9.02. The van der Waals surface area contributed by atoms with Gasteiger partial charge in [-0.15, -0.1) is 0 Å². The van der Waals surface area contributed by atoms with Gasteiger partial charge in [0.1, 0.15) is 11.4 Å². The Hall–Kier alpha value is -3.99. The fraction of sp³-hybridized carbons (Fsp3) is 0.444. The number of nitrogens with one attached hydrogen (secondary N) is 1. The molecule has 1 aliphatic rings. The van der Waals surface area contributed by atoms with E-state index in [2.05, 4.69) is 62.9 Å². The molecule has 1 saturated heterocycles. The fourth-order valence-electron chi connectivity index (χ4n) is 4.53. The Morgan fingerprint density at radius 3 is 2.13 bits per heavy atom. The number of aromatic nitrogens is 4. The van der Waals surface area contributed by atoms with Gasteiger partial charge in [-0.1, -0.05) is 0 Å². The Labute approximate surface area is 222 Å². The number of carboxylic acid groups (broad SMARTS) is 2. The Bertz CT molecular complexity index is 1170. The number of hydrogen-bond donors (Lipinski definition) is 3. The third-order valence-electron chi connectivity index (χ3n) is 6.43. The molecule has 0 spiro atoms. The summed E-state index contributed by atoms with van der Waals surface area (Å²) in [5.41, 5.74) is 5.55. The number of rotatable bonds is 9. The number of H-pyrrole nitrogens is 1. The standard InChI is InChI=1S/C23H30N6O.C4H6O4/c1-5-30-20-8-6-19(7-9-20)22-23(25-11-10-24-22)29-14-12-28(13-15-29)18(4)21-16(2)26-27-17(21)3;5-3(6)1-2-4(7)8/h6-11,18H,5,12-15H2,1-4H3,(H,26,27);1-2H2,(H,5,6)(H,7,8). The molecule has 11 nitrogen and oxygen atoms in total. The Kier molecular flexibility index (Phi) is 10.2. The lowest BCUT2D eigenvalue weighted by atomic mass is 10.0. The molecule has 1 unspecified atom stereocenters. The average Bonchev–Trinajstić information content (AvgIpc) is 3.25. The SMILES string of the molecule is CCOc1ccc(-c2nccnc2N2CCN(C(C)c3c(C)n[nH]c3C)CC2)cc1.O=C(O)CCC(=O)O. The second kappa shape index (κ2) is 13.5. The van der Waals surface area contributed by atoms with Gasteiger partial charge < -0.3 is 19.8 Å². The number of ether oxygens (including phenoxy) is 1. The van der Waals surface area contributed by atoms with E-state index in [1.54, 1.807) is 12.4 Å². The predicted molar refractivity (Wildman–Crippen MR) is 143 cm³/mol. The zero-order chi connectivity index (χ0) is 27.7. The molecule has 0 aliphatic carbocycles. The molecule has 0 bridgehead atoms. The molecule has 1 atom stereocenters. The third-order valence-corrected chi connectivity index (χ3v) is 6.43. The van der Waals surface area contributed by atoms with E-state index >= 15 is 0 Å². The summed E-state index contributed by atoms with van der Waals surface area (Å²) in [4.78, 5) is 33.5. The van der Waals surface area contributed by atoms with E-state index in [4.69, 9.17) is 14.9 Å². The zero-order valence-corrected chi connectivity index (χ0v) is 22.3. The summed E-state index contributed by atoms with van der Waals surface area (Å²) in [6, 6.07) is 8.44. The van der Waals surface area contributed by atoms with Crippen LogP contribution in [-0.4, -0.2) is 80.0 Å². The van der Waals surface area contributed by atoms with E-state index in [9.17, 15) is 9.59 Å². The van der Waals surface area contributed by atoms with Crippen LogP contribution in [0.15, 0.2) is 36.7 Å². The fourth-order valence-corrected chi connectivity index (χ4v) is 4.53. The number of hydrogen-bond acceptors (Lipinski definition) is 8. The van der Waals surface area contributed by atoms with E-state index < -0.39 is 11.9 Å². The van der Waals surface area contributed by atoms with Crippen LogP contribution < -0.4 is 9.64 Å². The molecule has 1 fully saturated rings. The van der Waals surface area contributed by atoms with Crippen LogP contribution in [0, 0.1) is 13.8 Å². The highest BCUT2D eigenvalue weighted by atomic mass is 16.5. The van der Waals surface area contributed by atoms with Gasteiger partial charge >= 0.3 is 11.9 Å². The molecule has 0 saturated carbocycles. The summed E-state index contributed by atoms with van der Waals surface area (Å²) in [6.45, 7) is 12.9. The summed E-state index contributed by atoms with van der Waals surface area (Å²) in [5, 5.41) is 23.3. The smallest absolute Gasteiger partial charge is 0.303 e. The number of aryl methyl sites for hydroxylation is 2. The predicted octanol–water partition coefficient (Wildman–Crippen LogP) is 3.70. The van der Waals surface area contributed by atoms with E-state index in [-0.39, 0.29) is 12.8 Å². The molecule has 11 heteroatoms. The molecule has 4 rings (SSSR count). The summed E-state index contributed by atoms with van der Waals surface area (Å²) < 4.78 is 5.57. The van der Waals surface area contributed by atoms with Crippen molar-refractivity contribution in [2.45, 2.75) is 46.6 Å². The van der Waals surface area contributed by atoms with Crippen LogP contribution in [0.25, 0.3) is 11.3 Å². The number of nitrogens with zero attached hydrogens (tertiary/aromatic N) is 5. The van der Waals surface area contributed by atoms with Gasteiger partial charge in [0, 0.05) is 61.4 Å². The number of benzene rings is 1. The van der Waals surface area contributed by atoms with Crippen molar-refractivity contribution < 1.29 is 24.5 Å². The maximum absolute atomic E-state index is 9.64. The third kappa shape index (κ3) is 7.51. The highest BCUT2D eigenvalue weighted by Gasteiger charge is 2.27. The van der Waals surface area contributed by atoms with E-state index in [1.807, 2.05) is 19.1 Å². The van der Waals surface area contributed by atoms with Gasteiger partial charge in [-0.05, 0) is 52.0 Å². The topological polar surface area (TPSA) is 145 Å². The van der Waals surface area contributed by atoms with Gasteiger partial charge in [0.2, 0.25) is 0 Å². The van der Waals surface area contributed by atoms with Crippen molar-refractivity contribution in [2.24, 2.45) is 0 Å². The molecule has 2 aromatic heterocycles. The van der Waals surface area contributed by atoms with Crippen LogP contribution in [0.5, 0.6) is 5.75 Å². The number of aliphatic carboxylic acids is 2. The minimum Gasteiger partial charge on any atom is -0.494 e. The molecular formula is C27H36N6O5. The normalized spacial score (nSPS) is 14.4. The first-order chi connectivity index (χ1) is 18.2. The number of piperazine rings is 1. The lowest BCUT2D eigenvalue weighted by molar-refractivity contribution is -0.143. The molecule has 3 N–H and O–H groups in total. The second-order valence-corrected chi connectivity index (χ2v) is 9.02. The highest BCUT2D eigenvalue weighted by Crippen LogP contribution is 2.31. The van der Waals surface area contributed by atoms with Crippen LogP contribution in [-0.2, 0) is 9.59 Å². The van der Waals surface area contributed by atoms with Gasteiger partial charge in [-0.2, -0.15) is 5.10 Å². The number of carboxylic acids is 2. The molecule has 38 heavy (non-hydrogen) atoms. The maximum atomic E-state index is 9.64. The van der Waals surface area contributed by atoms with Crippen molar-refractivity contribution in [3.05, 3.63) is 53.6 Å². The van der Waals surface area contributed by atoms with Gasteiger partial charge in [0.15, 0.2) is 5.82 Å². The van der Waals surface area contributed by atoms with Gasteiger partial charge in [-0.25, -0.2) is 4.98 Å². The maximum Gasteiger partial charge on any atom is 0.303 e. The Morgan fingerprint density at radius 2 is 1.61 bits per heavy atom. The molecule has 1 aromatic carbocycles. The summed E-state index contributed by atoms with van der Waals surface area (Å²) >= 11 is 0. The lowest BCUT2D eigenvalue weighted by Gasteiger charge is -2.39. The lowest BCUT2D eigenvalue weighted by Crippen LogP contribution is -2.47. The molecule has 1 aliphatic heterocycles. The van der Waals surface area contributed by atoms with Crippen molar-refractivity contribution in [2.75, 3.05) is 37.7 Å². The summed E-state index contributed by atoms with van der Waals surface area (Å²) in [6.07, 6.45) is 2.95. The van der Waals surface area contributed by atoms with Crippen molar-refractivity contribution in [3.8, 4) is 17.0 Å². The molecule has 3 heterocycles. The minimum absolute atomic E-state index is 0.296. The first-order valence-electron chi connectivity index (χ1n) is 12.7. The van der Waals surface area contributed by atoms with Crippen molar-refractivity contribution >= 4 is 17.8 Å². The van der Waals surface area contributed by atoms with Crippen LogP contribution in [0.2, 0.25) is 0 Å². The number of anilines is 1. The summed E-state index contributed by atoms with van der Waals surface area (Å²) in [5.74, 6) is -0.330. The quantitative estimate of drug-likeness (QED) is 0.379. The van der Waals surface area contributed by atoms with Gasteiger partial charge in [0.25, 0.3) is 0 Å². The van der Waals surface area contributed by atoms with Crippen molar-refractivity contribution in [1.29, 1.82) is 0 Å². The van der Waals surface area contributed by atoms with E-state index in [0.29, 0.717) is 12.6 Å². The molecule has 3 aromatic rings. The molecule has 204 valence electrons. The van der Waals surface area contributed by atoms with Gasteiger partial charge in [0.05, 0.1) is 25.1 Å². The van der Waals surface area contributed by atoms with E-state index in [0.717, 1.165) is 60.4 Å². The van der Waals surface area contributed by atoms with E-state index in [1.165, 1.54) is 5.56 Å². The van der Waals surface area contributed by atoms with Crippen LogP contribution in [0.4, 0.5) is 5.82 Å². The largest absolute Gasteiger partial charge is 0.494 e. The first kappa shape index (κ1) is 28.6. The molecular weight excluding hydrogens is 488 g/mol. The van der Waals surface area contributed by atoms with Crippen molar-refractivity contribution in [3.63, 3.8) is 0 Å². The van der Waals surface area contributed by atoms with Gasteiger partial charge in [-0.3, -0.25) is 24.6 Å². The first-order valence-corrected chi connectivity index (χ1v) is 12.7. The highest BCUT2D eigenvalue weighted by molar-refractivity contribution is 5.75.